The van der Waals surface area contributed by atoms with Gasteiger partial charge in [-0.3, -0.25) is 4.79 Å². The maximum Gasteiger partial charge on any atom is 0.159 e. The summed E-state index contributed by atoms with van der Waals surface area (Å²) in [6.07, 6.45) is 3.85. The predicted molar refractivity (Wildman–Crippen MR) is 58.0 cm³/mol. The van der Waals surface area contributed by atoms with Crippen molar-refractivity contribution in [1.29, 1.82) is 0 Å². The first-order valence-electron chi connectivity index (χ1n) is 4.74. The zero-order chi connectivity index (χ0) is 11.3. The molecule has 0 spiro atoms. The number of hydrogen-bond acceptors (Lipinski definition) is 3. The van der Waals surface area contributed by atoms with Crippen LogP contribution in [0.3, 0.4) is 0 Å². The van der Waals surface area contributed by atoms with Gasteiger partial charge in [0, 0.05) is 5.56 Å². The van der Waals surface area contributed by atoms with Gasteiger partial charge in [-0.1, -0.05) is 12.2 Å². The van der Waals surface area contributed by atoms with E-state index in [1.54, 1.807) is 24.3 Å². The maximum atomic E-state index is 11.1. The van der Waals surface area contributed by atoms with Crippen LogP contribution in [-0.4, -0.2) is 22.6 Å². The molecule has 0 unspecified atom stereocenters. The van der Waals surface area contributed by atoms with Gasteiger partial charge in [0.25, 0.3) is 0 Å². The van der Waals surface area contributed by atoms with E-state index in [0.29, 0.717) is 17.5 Å². The van der Waals surface area contributed by atoms with E-state index in [1.807, 2.05) is 0 Å². The molecule has 0 aliphatic rings. The largest absolute Gasteiger partial charge is 0.508 e. The molecule has 0 saturated carbocycles. The van der Waals surface area contributed by atoms with Gasteiger partial charge in [-0.05, 0) is 37.1 Å². The first-order valence-corrected chi connectivity index (χ1v) is 4.74. The van der Waals surface area contributed by atoms with Crippen LogP contribution in [0, 0.1) is 0 Å². The number of phenols is 1. The van der Waals surface area contributed by atoms with Crippen LogP contribution in [0.25, 0.3) is 0 Å². The number of allylic oxidation sites excluding steroid dienone is 1. The lowest BCUT2D eigenvalue weighted by molar-refractivity contribution is 0.101. The van der Waals surface area contributed by atoms with E-state index in [9.17, 15) is 9.90 Å². The monoisotopic (exact) mass is 206 g/mol. The van der Waals surface area contributed by atoms with Crippen molar-refractivity contribution in [2.24, 2.45) is 0 Å². The number of carbonyl (C=O) groups is 1. The van der Waals surface area contributed by atoms with Crippen molar-refractivity contribution in [3.05, 3.63) is 41.5 Å². The summed E-state index contributed by atoms with van der Waals surface area (Å²) in [5.74, 6) is 0.143. The van der Waals surface area contributed by atoms with Gasteiger partial charge >= 0.3 is 0 Å². The third-order valence-electron chi connectivity index (χ3n) is 2.10. The number of rotatable bonds is 4. The lowest BCUT2D eigenvalue weighted by Gasteiger charge is -2.03. The zero-order valence-corrected chi connectivity index (χ0v) is 8.60. The summed E-state index contributed by atoms with van der Waals surface area (Å²) in [6, 6.07) is 4.77. The van der Waals surface area contributed by atoms with E-state index in [-0.39, 0.29) is 18.1 Å². The van der Waals surface area contributed by atoms with Crippen molar-refractivity contribution in [1.82, 2.24) is 0 Å². The highest BCUT2D eigenvalue weighted by Gasteiger charge is 2.04. The van der Waals surface area contributed by atoms with E-state index in [2.05, 4.69) is 0 Å². The molecule has 0 atom stereocenters. The summed E-state index contributed by atoms with van der Waals surface area (Å²) >= 11 is 0. The first kappa shape index (κ1) is 11.5. The van der Waals surface area contributed by atoms with Crippen LogP contribution in [0.4, 0.5) is 0 Å². The fourth-order valence-electron chi connectivity index (χ4n) is 1.25. The van der Waals surface area contributed by atoms with Gasteiger partial charge in [0.05, 0.1) is 6.61 Å². The third-order valence-corrected chi connectivity index (χ3v) is 2.10. The highest BCUT2D eigenvalue weighted by atomic mass is 16.3. The molecule has 0 aliphatic carbocycles. The van der Waals surface area contributed by atoms with Crippen LogP contribution >= 0.6 is 0 Å². The Morgan fingerprint density at radius 3 is 2.73 bits per heavy atom. The topological polar surface area (TPSA) is 57.5 Å². The van der Waals surface area contributed by atoms with Gasteiger partial charge in [-0.2, -0.15) is 0 Å². The Kier molecular flexibility index (Phi) is 4.06. The van der Waals surface area contributed by atoms with Crippen LogP contribution in [-0.2, 0) is 6.42 Å². The lowest BCUT2D eigenvalue weighted by atomic mass is 10.0. The third kappa shape index (κ3) is 3.22. The van der Waals surface area contributed by atoms with Crippen LogP contribution in [0.1, 0.15) is 22.8 Å². The normalized spacial score (nSPS) is 10.8. The van der Waals surface area contributed by atoms with E-state index in [1.165, 1.54) is 13.0 Å². The summed E-state index contributed by atoms with van der Waals surface area (Å²) in [6.45, 7) is 1.47. The molecule has 15 heavy (non-hydrogen) atoms. The number of benzene rings is 1. The molecule has 0 amide bonds. The molecule has 80 valence electrons. The number of ketones is 1. The molecule has 0 fully saturated rings. The lowest BCUT2D eigenvalue weighted by Crippen LogP contribution is -1.94. The summed E-state index contributed by atoms with van der Waals surface area (Å²) in [7, 11) is 0. The second kappa shape index (κ2) is 5.32. The van der Waals surface area contributed by atoms with Crippen molar-refractivity contribution in [2.75, 3.05) is 6.61 Å². The molecule has 0 radical (unpaired) electrons. The summed E-state index contributed by atoms with van der Waals surface area (Å²) in [5, 5.41) is 18.1. The van der Waals surface area contributed by atoms with Crippen LogP contribution < -0.4 is 0 Å². The average Bonchev–Trinajstić information content (AvgIpc) is 2.20. The molecule has 0 aliphatic heterocycles. The summed E-state index contributed by atoms with van der Waals surface area (Å²) in [5.41, 5.74) is 1.27. The number of aliphatic hydroxyl groups excluding tert-OH is 1. The molecule has 1 aromatic carbocycles. The van der Waals surface area contributed by atoms with Gasteiger partial charge < -0.3 is 10.2 Å². The number of phenolic OH excluding ortho intramolecular Hbond substituents is 1. The van der Waals surface area contributed by atoms with E-state index in [0.717, 1.165) is 0 Å². The Labute approximate surface area is 88.7 Å². The van der Waals surface area contributed by atoms with Crippen molar-refractivity contribution in [3.63, 3.8) is 0 Å². The van der Waals surface area contributed by atoms with Gasteiger partial charge in [-0.25, -0.2) is 0 Å². The predicted octanol–water partition coefficient (Wildman–Crippen LogP) is 1.69. The minimum Gasteiger partial charge on any atom is -0.508 e. The van der Waals surface area contributed by atoms with Crippen LogP contribution in [0.15, 0.2) is 30.4 Å². The highest BCUT2D eigenvalue weighted by Crippen LogP contribution is 2.19. The molecule has 1 aromatic rings. The number of hydrogen-bond donors (Lipinski definition) is 2. The minimum absolute atomic E-state index is 0.0207. The first-order chi connectivity index (χ1) is 7.15. The Bertz CT molecular complexity index is 380. The molecule has 2 N–H and O–H groups in total. The maximum absolute atomic E-state index is 11.1. The smallest absolute Gasteiger partial charge is 0.159 e. The zero-order valence-electron chi connectivity index (χ0n) is 8.60. The standard InChI is InChI=1S/C12H14O3/c1-9(14)10-5-6-12(15)11(8-10)4-2-3-7-13/h2-3,5-6,8,13,15H,4,7H2,1H3. The molecular formula is C12H14O3. The van der Waals surface area contributed by atoms with E-state index < -0.39 is 0 Å². The second-order valence-corrected chi connectivity index (χ2v) is 3.26. The number of aromatic hydroxyl groups is 1. The number of aliphatic hydroxyl groups is 1. The molecule has 1 rings (SSSR count). The fraction of sp³-hybridized carbons (Fsp3) is 0.250. The number of carbonyl (C=O) groups excluding carboxylic acids is 1. The van der Waals surface area contributed by atoms with Crippen LogP contribution in [0.2, 0.25) is 0 Å². The fourth-order valence-corrected chi connectivity index (χ4v) is 1.25. The molecular weight excluding hydrogens is 192 g/mol. The Hall–Kier alpha value is -1.61. The van der Waals surface area contributed by atoms with Crippen molar-refractivity contribution >= 4 is 5.78 Å². The Balaban J connectivity index is 2.90. The molecule has 0 bridgehead atoms. The summed E-state index contributed by atoms with van der Waals surface area (Å²) < 4.78 is 0. The SMILES string of the molecule is CC(=O)c1ccc(O)c(CC=CCO)c1. The second-order valence-electron chi connectivity index (χ2n) is 3.26. The Morgan fingerprint density at radius 2 is 2.13 bits per heavy atom. The van der Waals surface area contributed by atoms with Crippen LogP contribution in [0.5, 0.6) is 5.75 Å². The van der Waals surface area contributed by atoms with Gasteiger partial charge in [0.15, 0.2) is 5.78 Å². The molecule has 0 aromatic heterocycles. The van der Waals surface area contributed by atoms with Crippen molar-refractivity contribution in [2.45, 2.75) is 13.3 Å². The van der Waals surface area contributed by atoms with Gasteiger partial charge in [0.2, 0.25) is 0 Å². The van der Waals surface area contributed by atoms with Gasteiger partial charge in [-0.15, -0.1) is 0 Å². The molecule has 0 heterocycles. The average molecular weight is 206 g/mol. The van der Waals surface area contributed by atoms with E-state index >= 15 is 0 Å². The molecule has 3 heteroatoms. The molecule has 0 saturated heterocycles. The minimum atomic E-state index is -0.0256. The van der Waals surface area contributed by atoms with E-state index in [4.69, 9.17) is 5.11 Å². The van der Waals surface area contributed by atoms with Gasteiger partial charge in [0.1, 0.15) is 5.75 Å². The number of Topliss-reactive ketones (excluding diaryl/α,β-unsaturated/α-hetero) is 1. The Morgan fingerprint density at radius 1 is 1.40 bits per heavy atom. The van der Waals surface area contributed by atoms with Crippen molar-refractivity contribution in [3.8, 4) is 5.75 Å². The quantitative estimate of drug-likeness (QED) is 0.582. The highest BCUT2D eigenvalue weighted by molar-refractivity contribution is 5.94. The molecule has 3 nitrogen and oxygen atoms in total. The van der Waals surface area contributed by atoms with Crippen molar-refractivity contribution < 1.29 is 15.0 Å². The summed E-state index contributed by atoms with van der Waals surface area (Å²) in [4.78, 5) is 11.1.